The Morgan fingerprint density at radius 2 is 1.70 bits per heavy atom. The van der Waals surface area contributed by atoms with Crippen LogP contribution in [0.15, 0.2) is 36.4 Å². The predicted octanol–water partition coefficient (Wildman–Crippen LogP) is 3.66. The smallest absolute Gasteiger partial charge is 0.160 e. The van der Waals surface area contributed by atoms with E-state index in [1.54, 1.807) is 14.2 Å². The van der Waals surface area contributed by atoms with Crippen molar-refractivity contribution >= 4 is 0 Å². The highest BCUT2D eigenvalue weighted by molar-refractivity contribution is 5.42. The van der Waals surface area contributed by atoms with E-state index in [4.69, 9.17) is 9.47 Å². The first-order valence-corrected chi connectivity index (χ1v) is 7.37. The largest absolute Gasteiger partial charge is 0.493 e. The molecule has 3 nitrogen and oxygen atoms in total. The van der Waals surface area contributed by atoms with Gasteiger partial charge in [-0.15, -0.1) is 0 Å². The average Bonchev–Trinajstić information content (AvgIpc) is 2.56. The number of nitrogens with zero attached hydrogens (tertiary/aromatic N) is 1. The van der Waals surface area contributed by atoms with Crippen molar-refractivity contribution in [3.63, 3.8) is 0 Å². The number of halogens is 2. The van der Waals surface area contributed by atoms with Gasteiger partial charge in [0.05, 0.1) is 14.2 Å². The molecule has 0 aliphatic heterocycles. The first kappa shape index (κ1) is 17.2. The summed E-state index contributed by atoms with van der Waals surface area (Å²) in [5.41, 5.74) is 1.45. The highest BCUT2D eigenvalue weighted by atomic mass is 19.1. The summed E-state index contributed by atoms with van der Waals surface area (Å²) in [6.45, 7) is 1.07. The van der Waals surface area contributed by atoms with E-state index in [-0.39, 0.29) is 5.82 Å². The van der Waals surface area contributed by atoms with Crippen molar-refractivity contribution in [3.05, 3.63) is 59.2 Å². The van der Waals surface area contributed by atoms with Crippen LogP contribution in [-0.2, 0) is 13.0 Å². The van der Waals surface area contributed by atoms with Crippen molar-refractivity contribution in [3.8, 4) is 11.5 Å². The van der Waals surface area contributed by atoms with E-state index in [1.807, 2.05) is 30.1 Å². The molecule has 0 unspecified atom stereocenters. The number of ether oxygens (including phenoxy) is 2. The van der Waals surface area contributed by atoms with E-state index < -0.39 is 5.82 Å². The van der Waals surface area contributed by atoms with Crippen molar-refractivity contribution in [2.24, 2.45) is 0 Å². The molecular weight excluding hydrogens is 300 g/mol. The Labute approximate surface area is 135 Å². The number of likely N-dealkylation sites (N-methyl/N-ethyl adjacent to an activating group) is 1. The van der Waals surface area contributed by atoms with Crippen LogP contribution in [0.2, 0.25) is 0 Å². The number of hydrogen-bond donors (Lipinski definition) is 0. The van der Waals surface area contributed by atoms with Gasteiger partial charge in [-0.3, -0.25) is 0 Å². The Balaban J connectivity index is 1.96. The molecule has 0 aliphatic rings. The van der Waals surface area contributed by atoms with E-state index in [0.29, 0.717) is 30.2 Å². The Kier molecular flexibility index (Phi) is 5.93. The zero-order valence-electron chi connectivity index (χ0n) is 13.6. The molecule has 0 amide bonds. The number of rotatable bonds is 7. The van der Waals surface area contributed by atoms with Crippen LogP contribution in [0.3, 0.4) is 0 Å². The number of methoxy groups -OCH3 is 2. The molecule has 2 rings (SSSR count). The van der Waals surface area contributed by atoms with Crippen LogP contribution < -0.4 is 9.47 Å². The van der Waals surface area contributed by atoms with Gasteiger partial charge < -0.3 is 14.4 Å². The minimum Gasteiger partial charge on any atom is -0.493 e. The normalized spacial score (nSPS) is 10.9. The quantitative estimate of drug-likeness (QED) is 0.777. The van der Waals surface area contributed by atoms with Gasteiger partial charge in [0, 0.05) is 18.7 Å². The zero-order chi connectivity index (χ0) is 16.8. The Bertz CT molecular complexity index is 661. The summed E-state index contributed by atoms with van der Waals surface area (Å²) < 4.78 is 37.3. The molecule has 0 N–H and O–H groups in total. The van der Waals surface area contributed by atoms with Gasteiger partial charge in [-0.05, 0) is 49.4 Å². The molecule has 5 heteroatoms. The zero-order valence-corrected chi connectivity index (χ0v) is 13.6. The van der Waals surface area contributed by atoms with Gasteiger partial charge in [-0.25, -0.2) is 8.78 Å². The van der Waals surface area contributed by atoms with Crippen LogP contribution in [0.5, 0.6) is 11.5 Å². The molecule has 0 atom stereocenters. The topological polar surface area (TPSA) is 21.7 Å². The monoisotopic (exact) mass is 321 g/mol. The van der Waals surface area contributed by atoms with E-state index in [9.17, 15) is 8.78 Å². The second-order valence-corrected chi connectivity index (χ2v) is 5.41. The van der Waals surface area contributed by atoms with Gasteiger partial charge in [0.1, 0.15) is 11.6 Å². The molecule has 0 spiro atoms. The van der Waals surface area contributed by atoms with E-state index >= 15 is 0 Å². The summed E-state index contributed by atoms with van der Waals surface area (Å²) in [4.78, 5) is 1.95. The van der Waals surface area contributed by atoms with Gasteiger partial charge in [-0.1, -0.05) is 6.07 Å². The lowest BCUT2D eigenvalue weighted by atomic mass is 10.1. The third-order valence-electron chi connectivity index (χ3n) is 3.68. The van der Waals surface area contributed by atoms with E-state index in [2.05, 4.69) is 0 Å². The second kappa shape index (κ2) is 7.92. The maximum Gasteiger partial charge on any atom is 0.160 e. The first-order chi connectivity index (χ1) is 11.0. The summed E-state index contributed by atoms with van der Waals surface area (Å²) in [6, 6.07) is 9.28. The number of benzene rings is 2. The first-order valence-electron chi connectivity index (χ1n) is 7.37. The van der Waals surface area contributed by atoms with Gasteiger partial charge in [0.25, 0.3) is 0 Å². The summed E-state index contributed by atoms with van der Waals surface area (Å²) >= 11 is 0. The fourth-order valence-electron chi connectivity index (χ4n) is 2.39. The molecule has 0 aliphatic carbocycles. The highest BCUT2D eigenvalue weighted by Gasteiger charge is 2.09. The third kappa shape index (κ3) is 4.66. The van der Waals surface area contributed by atoms with Crippen LogP contribution >= 0.6 is 0 Å². The molecule has 0 saturated carbocycles. The lowest BCUT2D eigenvalue weighted by Crippen LogP contribution is -2.21. The fraction of sp³-hybridized carbons (Fsp3) is 0.333. The van der Waals surface area contributed by atoms with Crippen LogP contribution in [0, 0.1) is 11.6 Å². The Hall–Kier alpha value is -2.14. The van der Waals surface area contributed by atoms with E-state index in [1.165, 1.54) is 6.07 Å². The van der Waals surface area contributed by atoms with Crippen molar-refractivity contribution in [2.75, 3.05) is 27.8 Å². The van der Waals surface area contributed by atoms with Crippen molar-refractivity contribution < 1.29 is 18.3 Å². The van der Waals surface area contributed by atoms with Gasteiger partial charge in [0.2, 0.25) is 0 Å². The Morgan fingerprint density at radius 1 is 0.957 bits per heavy atom. The summed E-state index contributed by atoms with van der Waals surface area (Å²) in [7, 11) is 5.07. The minimum atomic E-state index is -0.422. The molecule has 2 aromatic rings. The molecule has 0 bridgehead atoms. The fourth-order valence-corrected chi connectivity index (χ4v) is 2.39. The molecule has 0 heterocycles. The molecule has 23 heavy (non-hydrogen) atoms. The molecule has 0 saturated heterocycles. The van der Waals surface area contributed by atoms with Crippen LogP contribution in [0.4, 0.5) is 8.78 Å². The molecule has 0 radical (unpaired) electrons. The van der Waals surface area contributed by atoms with Crippen molar-refractivity contribution in [1.82, 2.24) is 4.90 Å². The Morgan fingerprint density at radius 3 is 2.39 bits per heavy atom. The van der Waals surface area contributed by atoms with Crippen LogP contribution in [-0.4, -0.2) is 32.7 Å². The molecule has 2 aromatic carbocycles. The van der Waals surface area contributed by atoms with Gasteiger partial charge >= 0.3 is 0 Å². The highest BCUT2D eigenvalue weighted by Crippen LogP contribution is 2.27. The SMILES string of the molecule is COc1ccc(CCN(C)Cc2cc(F)ccc2F)cc1OC. The van der Waals surface area contributed by atoms with Crippen molar-refractivity contribution in [1.29, 1.82) is 0 Å². The van der Waals surface area contributed by atoms with Crippen LogP contribution in [0.1, 0.15) is 11.1 Å². The maximum absolute atomic E-state index is 13.7. The summed E-state index contributed by atoms with van der Waals surface area (Å²) in [6.07, 6.45) is 0.772. The van der Waals surface area contributed by atoms with E-state index in [0.717, 1.165) is 24.1 Å². The standard InChI is InChI=1S/C18H21F2NO2/c1-21(12-14-11-15(19)5-6-16(14)20)9-8-13-4-7-17(22-2)18(10-13)23-3/h4-7,10-11H,8-9,12H2,1-3H3. The predicted molar refractivity (Wildman–Crippen MR) is 85.9 cm³/mol. The second-order valence-electron chi connectivity index (χ2n) is 5.41. The molecule has 0 aromatic heterocycles. The third-order valence-corrected chi connectivity index (χ3v) is 3.68. The van der Waals surface area contributed by atoms with Gasteiger partial charge in [-0.2, -0.15) is 0 Å². The van der Waals surface area contributed by atoms with Gasteiger partial charge in [0.15, 0.2) is 11.5 Å². The summed E-state index contributed by atoms with van der Waals surface area (Å²) in [5.74, 6) is 0.564. The summed E-state index contributed by atoms with van der Waals surface area (Å²) in [5, 5.41) is 0. The van der Waals surface area contributed by atoms with Crippen LogP contribution in [0.25, 0.3) is 0 Å². The lowest BCUT2D eigenvalue weighted by molar-refractivity contribution is 0.323. The average molecular weight is 321 g/mol. The molecule has 0 fully saturated rings. The number of hydrogen-bond acceptors (Lipinski definition) is 3. The molecular formula is C18H21F2NO2. The maximum atomic E-state index is 13.7. The lowest BCUT2D eigenvalue weighted by Gasteiger charge is -2.17. The molecule has 124 valence electrons. The van der Waals surface area contributed by atoms with Crippen molar-refractivity contribution in [2.45, 2.75) is 13.0 Å². The minimum absolute atomic E-state index is 0.358.